The van der Waals surface area contributed by atoms with Crippen molar-refractivity contribution in [3.63, 3.8) is 0 Å². The molecule has 0 fully saturated rings. The molecule has 0 aliphatic carbocycles. The fraction of sp³-hybridized carbons (Fsp3) is 0.261. The SMILES string of the molecule is CCOC(=O)c1[nH]c(-c2ccc(OC)c(OC)c2)c(I)c1-c1cc(OC)c(OC)cc1Br. The van der Waals surface area contributed by atoms with Gasteiger partial charge in [0.2, 0.25) is 0 Å². The van der Waals surface area contributed by atoms with E-state index in [2.05, 4.69) is 43.5 Å². The predicted molar refractivity (Wildman–Crippen MR) is 134 cm³/mol. The molecule has 7 nitrogen and oxygen atoms in total. The van der Waals surface area contributed by atoms with Gasteiger partial charge in [0, 0.05) is 24.7 Å². The summed E-state index contributed by atoms with van der Waals surface area (Å²) in [6.45, 7) is 2.03. The third-order valence-corrected chi connectivity index (χ3v) is 6.57. The van der Waals surface area contributed by atoms with Gasteiger partial charge < -0.3 is 28.7 Å². The molecule has 170 valence electrons. The average Bonchev–Trinajstić information content (AvgIpc) is 3.15. The number of aromatic nitrogens is 1. The maximum atomic E-state index is 12.9. The van der Waals surface area contributed by atoms with Crippen LogP contribution in [0.25, 0.3) is 22.4 Å². The van der Waals surface area contributed by atoms with E-state index in [0.29, 0.717) is 34.3 Å². The molecule has 9 heteroatoms. The van der Waals surface area contributed by atoms with Crippen LogP contribution in [-0.4, -0.2) is 46.0 Å². The molecule has 0 saturated carbocycles. The molecule has 3 rings (SSSR count). The Bertz CT molecular complexity index is 1140. The second kappa shape index (κ2) is 10.5. The number of carbonyl (C=O) groups is 1. The van der Waals surface area contributed by atoms with Crippen LogP contribution >= 0.6 is 38.5 Å². The van der Waals surface area contributed by atoms with E-state index in [1.54, 1.807) is 35.4 Å². The fourth-order valence-electron chi connectivity index (χ4n) is 3.32. The van der Waals surface area contributed by atoms with Crippen LogP contribution in [0.2, 0.25) is 0 Å². The van der Waals surface area contributed by atoms with Gasteiger partial charge in [-0.3, -0.25) is 0 Å². The van der Waals surface area contributed by atoms with Gasteiger partial charge in [-0.15, -0.1) is 0 Å². The summed E-state index contributed by atoms with van der Waals surface area (Å²) < 4.78 is 28.6. The van der Waals surface area contributed by atoms with Gasteiger partial charge in [-0.05, 0) is 59.8 Å². The van der Waals surface area contributed by atoms with Gasteiger partial charge in [0.15, 0.2) is 23.0 Å². The molecule has 3 aromatic rings. The van der Waals surface area contributed by atoms with Gasteiger partial charge in [-0.1, -0.05) is 15.9 Å². The van der Waals surface area contributed by atoms with Gasteiger partial charge in [0.05, 0.1) is 40.7 Å². The largest absolute Gasteiger partial charge is 0.493 e. The van der Waals surface area contributed by atoms with Crippen LogP contribution in [0.1, 0.15) is 17.4 Å². The summed E-state index contributed by atoms with van der Waals surface area (Å²) in [7, 11) is 6.31. The molecule has 0 bridgehead atoms. The van der Waals surface area contributed by atoms with Crippen molar-refractivity contribution >= 4 is 44.5 Å². The zero-order valence-corrected chi connectivity index (χ0v) is 22.0. The number of carbonyl (C=O) groups excluding carboxylic acids is 1. The number of benzene rings is 2. The van der Waals surface area contributed by atoms with Gasteiger partial charge in [-0.2, -0.15) is 0 Å². The highest BCUT2D eigenvalue weighted by atomic mass is 127. The van der Waals surface area contributed by atoms with Gasteiger partial charge >= 0.3 is 5.97 Å². The summed E-state index contributed by atoms with van der Waals surface area (Å²) in [5.74, 6) is 1.87. The summed E-state index contributed by atoms with van der Waals surface area (Å²) in [5.41, 5.74) is 3.39. The molecule has 0 atom stereocenters. The van der Waals surface area contributed by atoms with E-state index in [4.69, 9.17) is 23.7 Å². The molecule has 0 radical (unpaired) electrons. The van der Waals surface area contributed by atoms with E-state index in [9.17, 15) is 4.79 Å². The number of aromatic amines is 1. The first-order valence-corrected chi connectivity index (χ1v) is 11.5. The zero-order chi connectivity index (χ0) is 23.4. The standard InChI is InChI=1S/C23H23BrINO6/c1-6-32-23(27)22-19(13-10-17(30-4)18(31-5)11-14(13)24)20(25)21(26-22)12-7-8-15(28-2)16(9-12)29-3/h7-11,26H,6H2,1-5H3. The maximum absolute atomic E-state index is 12.9. The van der Waals surface area contributed by atoms with Crippen molar-refractivity contribution in [2.24, 2.45) is 0 Å². The van der Waals surface area contributed by atoms with Crippen molar-refractivity contribution in [2.45, 2.75) is 6.92 Å². The molecule has 0 amide bonds. The normalized spacial score (nSPS) is 10.6. The number of halogens is 2. The fourth-order valence-corrected chi connectivity index (χ4v) is 4.85. The van der Waals surface area contributed by atoms with Crippen LogP contribution in [0.4, 0.5) is 0 Å². The summed E-state index contributed by atoms with van der Waals surface area (Å²) >= 11 is 5.84. The lowest BCUT2D eigenvalue weighted by Crippen LogP contribution is -2.07. The van der Waals surface area contributed by atoms with E-state index in [0.717, 1.165) is 24.9 Å². The molecule has 0 aliphatic rings. The Balaban J connectivity index is 2.28. The molecule has 0 unspecified atom stereocenters. The Morgan fingerprint density at radius 1 is 0.938 bits per heavy atom. The average molecular weight is 616 g/mol. The number of hydrogen-bond donors (Lipinski definition) is 1. The molecular formula is C23H23BrINO6. The van der Waals surface area contributed by atoms with E-state index in [-0.39, 0.29) is 6.61 Å². The lowest BCUT2D eigenvalue weighted by atomic mass is 10.0. The van der Waals surface area contributed by atoms with Crippen molar-refractivity contribution in [3.05, 3.63) is 44.1 Å². The first-order chi connectivity index (χ1) is 15.4. The highest BCUT2D eigenvalue weighted by Crippen LogP contribution is 2.44. The molecule has 0 saturated heterocycles. The third kappa shape index (κ3) is 4.54. The summed E-state index contributed by atoms with van der Waals surface area (Å²) in [6, 6.07) is 9.21. The Kier molecular flexibility index (Phi) is 7.94. The minimum Gasteiger partial charge on any atom is -0.493 e. The molecule has 1 heterocycles. The smallest absolute Gasteiger partial charge is 0.355 e. The molecule has 0 spiro atoms. The minimum atomic E-state index is -0.450. The predicted octanol–water partition coefficient (Wildman–Crippen LogP) is 5.93. The topological polar surface area (TPSA) is 79.0 Å². The maximum Gasteiger partial charge on any atom is 0.355 e. The minimum absolute atomic E-state index is 0.257. The number of esters is 1. The van der Waals surface area contributed by atoms with Crippen LogP contribution in [0.15, 0.2) is 34.8 Å². The van der Waals surface area contributed by atoms with Crippen LogP contribution in [-0.2, 0) is 4.74 Å². The Hall–Kier alpha value is -2.40. The quantitative estimate of drug-likeness (QED) is 0.250. The van der Waals surface area contributed by atoms with Crippen molar-refractivity contribution in [1.82, 2.24) is 4.98 Å². The summed E-state index contributed by atoms with van der Waals surface area (Å²) in [6.07, 6.45) is 0. The summed E-state index contributed by atoms with van der Waals surface area (Å²) in [5, 5.41) is 0. The number of nitrogens with one attached hydrogen (secondary N) is 1. The monoisotopic (exact) mass is 615 g/mol. The Morgan fingerprint density at radius 3 is 2.12 bits per heavy atom. The highest BCUT2D eigenvalue weighted by molar-refractivity contribution is 14.1. The summed E-state index contributed by atoms with van der Waals surface area (Å²) in [4.78, 5) is 16.1. The first kappa shape index (κ1) is 24.2. The lowest BCUT2D eigenvalue weighted by molar-refractivity contribution is 0.0521. The van der Waals surface area contributed by atoms with Crippen molar-refractivity contribution < 1.29 is 28.5 Å². The molecule has 1 aromatic heterocycles. The number of methoxy groups -OCH3 is 4. The van der Waals surface area contributed by atoms with E-state index >= 15 is 0 Å². The highest BCUT2D eigenvalue weighted by Gasteiger charge is 2.26. The van der Waals surface area contributed by atoms with E-state index in [1.165, 1.54) is 0 Å². The zero-order valence-electron chi connectivity index (χ0n) is 18.3. The van der Waals surface area contributed by atoms with Crippen molar-refractivity contribution in [3.8, 4) is 45.4 Å². The van der Waals surface area contributed by atoms with Crippen LogP contribution < -0.4 is 18.9 Å². The number of hydrogen-bond acceptors (Lipinski definition) is 6. The number of H-pyrrole nitrogens is 1. The third-order valence-electron chi connectivity index (χ3n) is 4.83. The lowest BCUT2D eigenvalue weighted by Gasteiger charge is -2.13. The van der Waals surface area contributed by atoms with Crippen LogP contribution in [0.5, 0.6) is 23.0 Å². The van der Waals surface area contributed by atoms with Crippen molar-refractivity contribution in [1.29, 1.82) is 0 Å². The number of rotatable bonds is 8. The first-order valence-electron chi connectivity index (χ1n) is 9.62. The van der Waals surface area contributed by atoms with Crippen LogP contribution in [0.3, 0.4) is 0 Å². The van der Waals surface area contributed by atoms with Gasteiger partial charge in [0.1, 0.15) is 5.69 Å². The number of ether oxygens (including phenoxy) is 5. The van der Waals surface area contributed by atoms with E-state index in [1.807, 2.05) is 30.3 Å². The van der Waals surface area contributed by atoms with Gasteiger partial charge in [-0.25, -0.2) is 4.79 Å². The van der Waals surface area contributed by atoms with E-state index < -0.39 is 5.97 Å². The second-order valence-electron chi connectivity index (χ2n) is 6.54. The molecule has 32 heavy (non-hydrogen) atoms. The molecule has 0 aliphatic heterocycles. The Labute approximate surface area is 208 Å². The van der Waals surface area contributed by atoms with Crippen molar-refractivity contribution in [2.75, 3.05) is 35.0 Å². The van der Waals surface area contributed by atoms with Gasteiger partial charge in [0.25, 0.3) is 0 Å². The molecular weight excluding hydrogens is 593 g/mol. The molecule has 2 aromatic carbocycles. The molecule has 1 N–H and O–H groups in total. The van der Waals surface area contributed by atoms with Crippen LogP contribution in [0, 0.1) is 3.57 Å². The second-order valence-corrected chi connectivity index (χ2v) is 8.47. The Morgan fingerprint density at radius 2 is 1.53 bits per heavy atom.